The summed E-state index contributed by atoms with van der Waals surface area (Å²) in [5.74, 6) is 1.59. The first-order chi connectivity index (χ1) is 6.85. The molecule has 2 N–H and O–H groups in total. The van der Waals surface area contributed by atoms with Crippen LogP contribution in [-0.2, 0) is 0 Å². The molecule has 0 aliphatic carbocycles. The Morgan fingerprint density at radius 3 is 1.93 bits per heavy atom. The molecule has 0 aromatic carbocycles. The highest BCUT2D eigenvalue weighted by Crippen LogP contribution is 2.25. The minimum absolute atomic E-state index is 0.499. The van der Waals surface area contributed by atoms with Gasteiger partial charge in [-0.05, 0) is 36.6 Å². The van der Waals surface area contributed by atoms with Gasteiger partial charge in [0, 0.05) is 0 Å². The first-order valence-electron chi connectivity index (χ1n) is 6.55. The van der Waals surface area contributed by atoms with E-state index in [-0.39, 0.29) is 0 Å². The van der Waals surface area contributed by atoms with Crippen molar-refractivity contribution in [1.82, 2.24) is 0 Å². The molecule has 0 rings (SSSR count). The standard InChI is InChI=1S/C14H31N/c1-12(9-10-14(3,4)5)7-6-8-13(2)11-15/h12-13H,6-11,15H2,1-5H3. The molecule has 92 valence electrons. The molecule has 15 heavy (non-hydrogen) atoms. The van der Waals surface area contributed by atoms with Gasteiger partial charge in [-0.1, -0.05) is 53.9 Å². The Morgan fingerprint density at radius 1 is 0.933 bits per heavy atom. The van der Waals surface area contributed by atoms with Gasteiger partial charge in [-0.25, -0.2) is 0 Å². The van der Waals surface area contributed by atoms with E-state index in [1.165, 1.54) is 32.1 Å². The quantitative estimate of drug-likeness (QED) is 0.673. The molecule has 0 aromatic rings. The molecule has 0 aliphatic rings. The molecular weight excluding hydrogens is 182 g/mol. The Bertz CT molecular complexity index is 146. The average molecular weight is 213 g/mol. The Hall–Kier alpha value is -0.0400. The molecule has 0 radical (unpaired) electrons. The van der Waals surface area contributed by atoms with Crippen molar-refractivity contribution >= 4 is 0 Å². The summed E-state index contributed by atoms with van der Waals surface area (Å²) in [7, 11) is 0. The van der Waals surface area contributed by atoms with Gasteiger partial charge >= 0.3 is 0 Å². The summed E-state index contributed by atoms with van der Waals surface area (Å²) in [5.41, 5.74) is 6.10. The van der Waals surface area contributed by atoms with Crippen LogP contribution >= 0.6 is 0 Å². The number of nitrogens with two attached hydrogens (primary N) is 1. The van der Waals surface area contributed by atoms with E-state index < -0.39 is 0 Å². The van der Waals surface area contributed by atoms with Crippen LogP contribution in [0.2, 0.25) is 0 Å². The molecular formula is C14H31N. The van der Waals surface area contributed by atoms with E-state index in [0.29, 0.717) is 11.3 Å². The highest BCUT2D eigenvalue weighted by atomic mass is 14.5. The lowest BCUT2D eigenvalue weighted by atomic mass is 9.85. The molecule has 2 unspecified atom stereocenters. The fraction of sp³-hybridized carbons (Fsp3) is 1.00. The normalized spacial score (nSPS) is 16.4. The van der Waals surface area contributed by atoms with Gasteiger partial charge in [0.1, 0.15) is 0 Å². The van der Waals surface area contributed by atoms with E-state index in [0.717, 1.165) is 12.5 Å². The average Bonchev–Trinajstić information content (AvgIpc) is 2.13. The zero-order valence-corrected chi connectivity index (χ0v) is 11.5. The summed E-state index contributed by atoms with van der Waals surface area (Å²) >= 11 is 0. The van der Waals surface area contributed by atoms with Gasteiger partial charge in [-0.15, -0.1) is 0 Å². The Kier molecular flexibility index (Phi) is 7.25. The summed E-state index contributed by atoms with van der Waals surface area (Å²) in [6, 6.07) is 0. The fourth-order valence-corrected chi connectivity index (χ4v) is 1.76. The molecule has 0 aromatic heterocycles. The SMILES string of the molecule is CC(CN)CCCC(C)CCC(C)(C)C. The van der Waals surface area contributed by atoms with Crippen LogP contribution in [0.4, 0.5) is 0 Å². The first-order valence-corrected chi connectivity index (χ1v) is 6.55. The van der Waals surface area contributed by atoms with Crippen molar-refractivity contribution < 1.29 is 0 Å². The van der Waals surface area contributed by atoms with Crippen LogP contribution < -0.4 is 5.73 Å². The highest BCUT2D eigenvalue weighted by molar-refractivity contribution is 4.65. The molecule has 0 saturated heterocycles. The van der Waals surface area contributed by atoms with E-state index in [9.17, 15) is 0 Å². The minimum Gasteiger partial charge on any atom is -0.330 e. The van der Waals surface area contributed by atoms with Crippen molar-refractivity contribution in [3.8, 4) is 0 Å². The van der Waals surface area contributed by atoms with Crippen molar-refractivity contribution in [2.45, 2.75) is 66.7 Å². The van der Waals surface area contributed by atoms with Crippen LogP contribution in [-0.4, -0.2) is 6.54 Å². The highest BCUT2D eigenvalue weighted by Gasteiger charge is 2.12. The third-order valence-electron chi connectivity index (χ3n) is 3.18. The van der Waals surface area contributed by atoms with Crippen LogP contribution in [0.1, 0.15) is 66.7 Å². The molecule has 0 bridgehead atoms. The molecule has 0 amide bonds. The molecule has 1 nitrogen and oxygen atoms in total. The maximum absolute atomic E-state index is 5.60. The van der Waals surface area contributed by atoms with Crippen LogP contribution in [0.5, 0.6) is 0 Å². The van der Waals surface area contributed by atoms with Gasteiger partial charge in [0.05, 0.1) is 0 Å². The second-order valence-corrected chi connectivity index (χ2v) is 6.48. The summed E-state index contributed by atoms with van der Waals surface area (Å²) in [5, 5.41) is 0. The second kappa shape index (κ2) is 7.27. The lowest BCUT2D eigenvalue weighted by Crippen LogP contribution is -2.11. The third-order valence-corrected chi connectivity index (χ3v) is 3.18. The number of hydrogen-bond acceptors (Lipinski definition) is 1. The lowest BCUT2D eigenvalue weighted by molar-refractivity contribution is 0.316. The largest absolute Gasteiger partial charge is 0.330 e. The van der Waals surface area contributed by atoms with Gasteiger partial charge < -0.3 is 5.73 Å². The Balaban J connectivity index is 3.45. The summed E-state index contributed by atoms with van der Waals surface area (Å²) in [4.78, 5) is 0. The number of rotatable bonds is 7. The zero-order chi connectivity index (χ0) is 11.9. The van der Waals surface area contributed by atoms with Crippen LogP contribution in [0.3, 0.4) is 0 Å². The van der Waals surface area contributed by atoms with E-state index in [2.05, 4.69) is 34.6 Å². The fourth-order valence-electron chi connectivity index (χ4n) is 1.76. The van der Waals surface area contributed by atoms with Crippen LogP contribution in [0.25, 0.3) is 0 Å². The third kappa shape index (κ3) is 10.2. The molecule has 0 saturated carbocycles. The molecule has 0 spiro atoms. The molecule has 0 fully saturated rings. The Labute approximate surface area is 96.8 Å². The van der Waals surface area contributed by atoms with Crippen molar-refractivity contribution in [2.75, 3.05) is 6.54 Å². The Morgan fingerprint density at radius 2 is 1.47 bits per heavy atom. The summed E-state index contributed by atoms with van der Waals surface area (Å²) in [6.07, 6.45) is 6.75. The van der Waals surface area contributed by atoms with Gasteiger partial charge in [-0.3, -0.25) is 0 Å². The summed E-state index contributed by atoms with van der Waals surface area (Å²) in [6.45, 7) is 12.5. The predicted molar refractivity (Wildman–Crippen MR) is 69.9 cm³/mol. The van der Waals surface area contributed by atoms with Crippen molar-refractivity contribution in [2.24, 2.45) is 23.0 Å². The van der Waals surface area contributed by atoms with Crippen LogP contribution in [0, 0.1) is 17.3 Å². The minimum atomic E-state index is 0.499. The van der Waals surface area contributed by atoms with Crippen molar-refractivity contribution in [3.05, 3.63) is 0 Å². The second-order valence-electron chi connectivity index (χ2n) is 6.48. The van der Waals surface area contributed by atoms with E-state index in [4.69, 9.17) is 5.73 Å². The van der Waals surface area contributed by atoms with Gasteiger partial charge in [0.25, 0.3) is 0 Å². The lowest BCUT2D eigenvalue weighted by Gasteiger charge is -2.21. The maximum atomic E-state index is 5.60. The van der Waals surface area contributed by atoms with E-state index in [1.807, 2.05) is 0 Å². The molecule has 0 heterocycles. The zero-order valence-electron chi connectivity index (χ0n) is 11.5. The van der Waals surface area contributed by atoms with Gasteiger partial charge in [0.15, 0.2) is 0 Å². The van der Waals surface area contributed by atoms with Gasteiger partial charge in [0.2, 0.25) is 0 Å². The topological polar surface area (TPSA) is 26.0 Å². The van der Waals surface area contributed by atoms with Gasteiger partial charge in [-0.2, -0.15) is 0 Å². The molecule has 2 atom stereocenters. The van der Waals surface area contributed by atoms with Crippen molar-refractivity contribution in [1.29, 1.82) is 0 Å². The first kappa shape index (κ1) is 15.0. The van der Waals surface area contributed by atoms with E-state index in [1.54, 1.807) is 0 Å². The monoisotopic (exact) mass is 213 g/mol. The van der Waals surface area contributed by atoms with E-state index >= 15 is 0 Å². The number of hydrogen-bond donors (Lipinski definition) is 1. The smallest absolute Gasteiger partial charge is 0.00515 e. The molecule has 1 heteroatoms. The van der Waals surface area contributed by atoms with Crippen LogP contribution in [0.15, 0.2) is 0 Å². The molecule has 0 aliphatic heterocycles. The van der Waals surface area contributed by atoms with Crippen molar-refractivity contribution in [3.63, 3.8) is 0 Å². The predicted octanol–water partition coefficient (Wildman–Crippen LogP) is 4.21. The summed E-state index contributed by atoms with van der Waals surface area (Å²) < 4.78 is 0. The maximum Gasteiger partial charge on any atom is -0.00515 e.